The minimum Gasteiger partial charge on any atom is -0.347 e. The summed E-state index contributed by atoms with van der Waals surface area (Å²) in [4.78, 5) is 16.3. The van der Waals surface area contributed by atoms with Gasteiger partial charge in [0.15, 0.2) is 0 Å². The van der Waals surface area contributed by atoms with Crippen LogP contribution in [0.15, 0.2) is 78.3 Å². The van der Waals surface area contributed by atoms with Gasteiger partial charge in [0.05, 0.1) is 4.90 Å². The Morgan fingerprint density at radius 3 is 2.41 bits per heavy atom. The zero-order valence-corrected chi connectivity index (χ0v) is 18.7. The predicted molar refractivity (Wildman–Crippen MR) is 126 cm³/mol. The van der Waals surface area contributed by atoms with E-state index in [2.05, 4.69) is 22.2 Å². The van der Waals surface area contributed by atoms with Crippen LogP contribution in [0.25, 0.3) is 10.8 Å². The third-order valence-electron chi connectivity index (χ3n) is 5.83. The van der Waals surface area contributed by atoms with Crippen molar-refractivity contribution in [3.05, 3.63) is 73.4 Å². The van der Waals surface area contributed by atoms with Gasteiger partial charge in [-0.15, -0.1) is 0 Å². The molecule has 166 valence electrons. The summed E-state index contributed by atoms with van der Waals surface area (Å²) in [7, 11) is -3.61. The van der Waals surface area contributed by atoms with Gasteiger partial charge in [0.1, 0.15) is 5.82 Å². The highest BCUT2D eigenvalue weighted by molar-refractivity contribution is 7.89. The second-order valence-electron chi connectivity index (χ2n) is 8.22. The van der Waals surface area contributed by atoms with E-state index in [4.69, 9.17) is 0 Å². The van der Waals surface area contributed by atoms with Crippen molar-refractivity contribution in [2.45, 2.75) is 30.2 Å². The number of benzene rings is 2. The van der Waals surface area contributed by atoms with E-state index in [9.17, 15) is 13.2 Å². The molecule has 32 heavy (non-hydrogen) atoms. The molecule has 1 aromatic heterocycles. The summed E-state index contributed by atoms with van der Waals surface area (Å²) in [5, 5.41) is 8.26. The Labute approximate surface area is 188 Å². The highest BCUT2D eigenvalue weighted by atomic mass is 32.2. The molecule has 0 spiro atoms. The lowest BCUT2D eigenvalue weighted by Crippen LogP contribution is -2.53. The number of aromatic nitrogens is 1. The molecule has 2 N–H and O–H groups in total. The number of carbonyl (C=O) groups excluding carboxylic acids is 1. The molecule has 0 unspecified atom stereocenters. The monoisotopic (exact) mass is 450 g/mol. The maximum Gasteiger partial charge on any atom is 0.243 e. The number of hydrogen-bond acceptors (Lipinski definition) is 5. The van der Waals surface area contributed by atoms with Gasteiger partial charge in [-0.2, -0.15) is 4.31 Å². The number of rotatable bonds is 6. The van der Waals surface area contributed by atoms with Crippen LogP contribution in [0.4, 0.5) is 11.5 Å². The first kappa shape index (κ1) is 22.0. The molecule has 3 aromatic rings. The van der Waals surface area contributed by atoms with Crippen LogP contribution in [0.3, 0.4) is 0 Å². The lowest BCUT2D eigenvalue weighted by molar-refractivity contribution is -0.118. The van der Waals surface area contributed by atoms with Gasteiger partial charge < -0.3 is 10.6 Å². The lowest BCUT2D eigenvalue weighted by atomic mass is 9.90. The number of piperidine rings is 1. The summed E-state index contributed by atoms with van der Waals surface area (Å²) in [6.45, 7) is 6.09. The summed E-state index contributed by atoms with van der Waals surface area (Å²) >= 11 is 0. The maximum atomic E-state index is 13.1. The summed E-state index contributed by atoms with van der Waals surface area (Å²) < 4.78 is 27.6. The van der Waals surface area contributed by atoms with E-state index in [-0.39, 0.29) is 10.8 Å². The summed E-state index contributed by atoms with van der Waals surface area (Å²) in [6.07, 6.45) is 4.12. The van der Waals surface area contributed by atoms with E-state index in [0.29, 0.717) is 31.7 Å². The first-order valence-corrected chi connectivity index (χ1v) is 11.9. The Balaban J connectivity index is 1.43. The first-order valence-electron chi connectivity index (χ1n) is 10.5. The zero-order chi connectivity index (χ0) is 22.8. The molecule has 1 aliphatic rings. The van der Waals surface area contributed by atoms with Gasteiger partial charge in [-0.25, -0.2) is 13.4 Å². The van der Waals surface area contributed by atoms with Crippen molar-refractivity contribution in [2.75, 3.05) is 18.4 Å². The van der Waals surface area contributed by atoms with E-state index in [1.54, 1.807) is 30.5 Å². The Morgan fingerprint density at radius 2 is 1.75 bits per heavy atom. The number of nitrogens with zero attached hydrogens (tertiary/aromatic N) is 2. The number of fused-ring (bicyclic) bond motifs is 1. The smallest absolute Gasteiger partial charge is 0.243 e. The molecule has 1 saturated heterocycles. The normalized spacial score (nSPS) is 16.4. The molecule has 1 aliphatic heterocycles. The molecule has 0 saturated carbocycles. The van der Waals surface area contributed by atoms with Gasteiger partial charge >= 0.3 is 0 Å². The Kier molecular flexibility index (Phi) is 5.99. The molecular formula is C24H26N4O3S. The number of nitrogens with one attached hydrogen (secondary N) is 2. The number of amides is 1. The minimum atomic E-state index is -3.61. The Bertz CT molecular complexity index is 1250. The van der Waals surface area contributed by atoms with Crippen molar-refractivity contribution in [1.82, 2.24) is 14.6 Å². The summed E-state index contributed by atoms with van der Waals surface area (Å²) in [6, 6.07) is 16.6. The fourth-order valence-corrected chi connectivity index (χ4v) is 5.29. The van der Waals surface area contributed by atoms with Crippen molar-refractivity contribution < 1.29 is 13.2 Å². The maximum absolute atomic E-state index is 13.1. The average Bonchev–Trinajstić information content (AvgIpc) is 2.79. The molecule has 1 fully saturated rings. The molecule has 2 heterocycles. The predicted octanol–water partition coefficient (Wildman–Crippen LogP) is 3.82. The number of sulfonamides is 1. The molecule has 0 aliphatic carbocycles. The second-order valence-corrected chi connectivity index (χ2v) is 10.2. The quantitative estimate of drug-likeness (QED) is 0.557. The number of hydrogen-bond donors (Lipinski definition) is 2. The summed E-state index contributed by atoms with van der Waals surface area (Å²) in [5.41, 5.74) is 0.322. The van der Waals surface area contributed by atoms with Gasteiger partial charge in [-0.3, -0.25) is 4.79 Å². The standard InChI is InChI=1S/C24H26N4O3S/c1-3-23(29)27-24(2)12-14-28(15-13-24)32(30,31)21-10-8-20(9-11-21)26-22-16-18-6-4-5-7-19(18)17-25-22/h3-11,16-17H,1,12-15H2,2H3,(H,25,26)(H,27,29). The fourth-order valence-electron chi connectivity index (χ4n) is 3.85. The van der Waals surface area contributed by atoms with Gasteiger partial charge in [0.25, 0.3) is 0 Å². The fraction of sp³-hybridized carbons (Fsp3) is 0.250. The van der Waals surface area contributed by atoms with Gasteiger partial charge in [0, 0.05) is 35.9 Å². The van der Waals surface area contributed by atoms with Crippen molar-refractivity contribution in [3.63, 3.8) is 0 Å². The van der Waals surface area contributed by atoms with E-state index >= 15 is 0 Å². The Morgan fingerprint density at radius 1 is 1.09 bits per heavy atom. The molecule has 0 atom stereocenters. The zero-order valence-electron chi connectivity index (χ0n) is 17.9. The average molecular weight is 451 g/mol. The van der Waals surface area contributed by atoms with Crippen LogP contribution >= 0.6 is 0 Å². The number of anilines is 2. The second kappa shape index (κ2) is 8.72. The SMILES string of the molecule is C=CC(=O)NC1(C)CCN(S(=O)(=O)c2ccc(Nc3cc4ccccc4cn3)cc2)CC1. The molecule has 0 bridgehead atoms. The summed E-state index contributed by atoms with van der Waals surface area (Å²) in [5.74, 6) is 0.448. The Hall–Kier alpha value is -3.23. The third-order valence-corrected chi connectivity index (χ3v) is 7.74. The van der Waals surface area contributed by atoms with E-state index in [1.807, 2.05) is 37.3 Å². The molecular weight excluding hydrogens is 424 g/mol. The van der Waals surface area contributed by atoms with Crippen molar-refractivity contribution >= 4 is 38.2 Å². The largest absolute Gasteiger partial charge is 0.347 e. The van der Waals surface area contributed by atoms with E-state index < -0.39 is 15.6 Å². The molecule has 1 amide bonds. The van der Waals surface area contributed by atoms with Crippen molar-refractivity contribution in [3.8, 4) is 0 Å². The van der Waals surface area contributed by atoms with Crippen LogP contribution in [0, 0.1) is 0 Å². The molecule has 2 aromatic carbocycles. The van der Waals surface area contributed by atoms with E-state index in [0.717, 1.165) is 16.5 Å². The van der Waals surface area contributed by atoms with E-state index in [1.165, 1.54) is 10.4 Å². The molecule has 8 heteroatoms. The first-order chi connectivity index (χ1) is 15.3. The molecule has 7 nitrogen and oxygen atoms in total. The van der Waals surface area contributed by atoms with Crippen LogP contribution in [-0.2, 0) is 14.8 Å². The number of pyridine rings is 1. The van der Waals surface area contributed by atoms with Crippen molar-refractivity contribution in [1.29, 1.82) is 0 Å². The van der Waals surface area contributed by atoms with Crippen LogP contribution in [-0.4, -0.2) is 42.2 Å². The van der Waals surface area contributed by atoms with Gasteiger partial charge in [-0.1, -0.05) is 30.8 Å². The van der Waals surface area contributed by atoms with Crippen LogP contribution in [0.2, 0.25) is 0 Å². The van der Waals surface area contributed by atoms with Crippen LogP contribution in [0.1, 0.15) is 19.8 Å². The highest BCUT2D eigenvalue weighted by Crippen LogP contribution is 2.28. The van der Waals surface area contributed by atoms with Crippen LogP contribution in [0.5, 0.6) is 0 Å². The third kappa shape index (κ3) is 4.66. The van der Waals surface area contributed by atoms with Gasteiger partial charge in [0.2, 0.25) is 15.9 Å². The van der Waals surface area contributed by atoms with Gasteiger partial charge in [-0.05, 0) is 61.6 Å². The highest BCUT2D eigenvalue weighted by Gasteiger charge is 2.36. The van der Waals surface area contributed by atoms with Crippen LogP contribution < -0.4 is 10.6 Å². The molecule has 4 rings (SSSR count). The topological polar surface area (TPSA) is 91.4 Å². The molecule has 0 radical (unpaired) electrons. The number of carbonyl (C=O) groups is 1. The van der Waals surface area contributed by atoms with Crippen molar-refractivity contribution in [2.24, 2.45) is 0 Å². The lowest BCUT2D eigenvalue weighted by Gasteiger charge is -2.39. The minimum absolute atomic E-state index is 0.243.